The number of nitrogens with one attached hydrogen (secondary N) is 1. The third-order valence-corrected chi connectivity index (χ3v) is 6.28. The molecule has 1 aromatic carbocycles. The number of benzene rings is 1. The lowest BCUT2D eigenvalue weighted by Crippen LogP contribution is -2.53. The Morgan fingerprint density at radius 2 is 1.89 bits per heavy atom. The molecule has 3 rings (SSSR count). The van der Waals surface area contributed by atoms with E-state index in [1.807, 2.05) is 31.3 Å². The molecule has 2 unspecified atom stereocenters. The first-order chi connectivity index (χ1) is 13.5. The topological polar surface area (TPSA) is 59.4 Å². The average Bonchev–Trinajstić information content (AvgIpc) is 2.94. The first-order valence-electron chi connectivity index (χ1n) is 10.7. The molecular formula is C23H34N4O. The van der Waals surface area contributed by atoms with Crippen molar-refractivity contribution in [2.75, 3.05) is 38.5 Å². The number of likely N-dealkylation sites (tertiary alicyclic amines) is 1. The van der Waals surface area contributed by atoms with E-state index >= 15 is 0 Å². The third-order valence-electron chi connectivity index (χ3n) is 6.28. The highest BCUT2D eigenvalue weighted by atomic mass is 16.2. The molecule has 0 radical (unpaired) electrons. The molecule has 1 heterocycles. The molecule has 1 N–H and O–H groups in total. The van der Waals surface area contributed by atoms with Crippen LogP contribution in [0.25, 0.3) is 0 Å². The van der Waals surface area contributed by atoms with E-state index in [1.54, 1.807) is 0 Å². The van der Waals surface area contributed by atoms with Gasteiger partial charge < -0.3 is 15.1 Å². The van der Waals surface area contributed by atoms with Crippen molar-refractivity contribution in [2.45, 2.75) is 45.6 Å². The molecule has 0 aromatic heterocycles. The zero-order valence-corrected chi connectivity index (χ0v) is 17.5. The van der Waals surface area contributed by atoms with Crippen LogP contribution in [0.4, 0.5) is 5.69 Å². The molecular weight excluding hydrogens is 348 g/mol. The van der Waals surface area contributed by atoms with Crippen molar-refractivity contribution in [1.82, 2.24) is 9.80 Å². The lowest BCUT2D eigenvalue weighted by atomic mass is 9.90. The summed E-state index contributed by atoms with van der Waals surface area (Å²) in [4.78, 5) is 17.2. The molecule has 28 heavy (non-hydrogen) atoms. The van der Waals surface area contributed by atoms with Crippen LogP contribution in [0.3, 0.4) is 0 Å². The highest BCUT2D eigenvalue weighted by Gasteiger charge is 2.44. The molecule has 1 aliphatic carbocycles. The second-order valence-corrected chi connectivity index (χ2v) is 8.92. The third kappa shape index (κ3) is 5.05. The van der Waals surface area contributed by atoms with Crippen LogP contribution in [0.1, 0.15) is 45.1 Å². The predicted molar refractivity (Wildman–Crippen MR) is 113 cm³/mol. The summed E-state index contributed by atoms with van der Waals surface area (Å²) >= 11 is 0. The van der Waals surface area contributed by atoms with E-state index in [-0.39, 0.29) is 0 Å². The van der Waals surface area contributed by atoms with Crippen LogP contribution in [0.5, 0.6) is 0 Å². The fraction of sp³-hybridized carbons (Fsp3) is 0.652. The Labute approximate surface area is 169 Å². The number of rotatable bonds is 8. The Morgan fingerprint density at radius 1 is 1.25 bits per heavy atom. The van der Waals surface area contributed by atoms with Crippen LogP contribution in [0.2, 0.25) is 0 Å². The van der Waals surface area contributed by atoms with Gasteiger partial charge in [-0.2, -0.15) is 5.26 Å². The van der Waals surface area contributed by atoms with E-state index in [4.69, 9.17) is 5.26 Å². The van der Waals surface area contributed by atoms with Crippen LogP contribution in [0, 0.1) is 29.1 Å². The maximum absolute atomic E-state index is 12.5. The minimum absolute atomic E-state index is 0.317. The fourth-order valence-electron chi connectivity index (χ4n) is 4.96. The number of piperidine rings is 1. The van der Waals surface area contributed by atoms with Gasteiger partial charge in [0.05, 0.1) is 11.6 Å². The number of nitriles is 1. The highest BCUT2D eigenvalue weighted by Crippen LogP contribution is 2.40. The molecule has 0 spiro atoms. The Balaban J connectivity index is 1.42. The van der Waals surface area contributed by atoms with Gasteiger partial charge in [0.2, 0.25) is 5.91 Å². The highest BCUT2D eigenvalue weighted by molar-refractivity contribution is 5.76. The summed E-state index contributed by atoms with van der Waals surface area (Å²) in [5.41, 5.74) is 1.77. The second kappa shape index (κ2) is 9.43. The number of carbonyl (C=O) groups is 1. The number of fused-ring (bicyclic) bond motifs is 2. The van der Waals surface area contributed by atoms with E-state index in [0.717, 1.165) is 38.3 Å². The minimum atomic E-state index is 0.317. The molecule has 1 saturated heterocycles. The molecule has 1 aliphatic heterocycles. The van der Waals surface area contributed by atoms with E-state index in [2.05, 4.69) is 35.0 Å². The van der Waals surface area contributed by atoms with Crippen molar-refractivity contribution in [2.24, 2.45) is 17.8 Å². The number of carbonyl (C=O) groups excluding carboxylic acids is 1. The number of hydrogen-bond acceptors (Lipinski definition) is 4. The minimum Gasteiger partial charge on any atom is -0.385 e. The van der Waals surface area contributed by atoms with Crippen LogP contribution >= 0.6 is 0 Å². The molecule has 152 valence electrons. The zero-order valence-electron chi connectivity index (χ0n) is 17.5. The predicted octanol–water partition coefficient (Wildman–Crippen LogP) is 3.58. The Bertz CT molecular complexity index is 680. The monoisotopic (exact) mass is 382 g/mol. The molecule has 1 saturated carbocycles. The maximum atomic E-state index is 12.5. The first-order valence-corrected chi connectivity index (χ1v) is 10.7. The normalized spacial score (nSPS) is 24.2. The summed E-state index contributed by atoms with van der Waals surface area (Å²) in [6.07, 6.45) is 4.28. The Kier molecular flexibility index (Phi) is 6.96. The van der Waals surface area contributed by atoms with Gasteiger partial charge in [0.1, 0.15) is 0 Å². The quantitative estimate of drug-likeness (QED) is 0.698. The Morgan fingerprint density at radius 3 is 2.46 bits per heavy atom. The SMILES string of the molecule is CC(C)CC(=O)N(C)C1C2CCC1CN(CCCNc1ccc(C#N)cc1)C2. The first kappa shape index (κ1) is 20.7. The van der Waals surface area contributed by atoms with E-state index < -0.39 is 0 Å². The van der Waals surface area contributed by atoms with Crippen molar-refractivity contribution in [3.05, 3.63) is 29.8 Å². The van der Waals surface area contributed by atoms with Crippen molar-refractivity contribution in [3.63, 3.8) is 0 Å². The van der Waals surface area contributed by atoms with Gasteiger partial charge >= 0.3 is 0 Å². The molecule has 1 amide bonds. The van der Waals surface area contributed by atoms with Crippen molar-refractivity contribution in [3.8, 4) is 6.07 Å². The lowest BCUT2D eigenvalue weighted by Gasteiger charge is -2.42. The van der Waals surface area contributed by atoms with Gasteiger partial charge in [-0.3, -0.25) is 4.79 Å². The number of hydrogen-bond donors (Lipinski definition) is 1. The van der Waals surface area contributed by atoms with Gasteiger partial charge in [-0.25, -0.2) is 0 Å². The summed E-state index contributed by atoms with van der Waals surface area (Å²) in [6, 6.07) is 10.2. The summed E-state index contributed by atoms with van der Waals surface area (Å²) in [7, 11) is 2.03. The number of amides is 1. The largest absolute Gasteiger partial charge is 0.385 e. The molecule has 2 bridgehead atoms. The van der Waals surface area contributed by atoms with E-state index in [0.29, 0.717) is 41.7 Å². The number of anilines is 1. The van der Waals surface area contributed by atoms with Crippen molar-refractivity contribution >= 4 is 11.6 Å². The average molecular weight is 383 g/mol. The van der Waals surface area contributed by atoms with Crippen molar-refractivity contribution < 1.29 is 4.79 Å². The van der Waals surface area contributed by atoms with Crippen LogP contribution in [0.15, 0.2) is 24.3 Å². The lowest BCUT2D eigenvalue weighted by molar-refractivity contribution is -0.135. The standard InChI is InChI=1S/C23H34N4O/c1-17(2)13-22(28)26(3)23-19-7-8-20(23)16-27(15-19)12-4-11-25-21-9-5-18(14-24)6-10-21/h5-6,9-10,17,19-20,23,25H,4,7-8,11-13,15-16H2,1-3H3. The molecule has 5 heteroatoms. The van der Waals surface area contributed by atoms with E-state index in [1.165, 1.54) is 12.8 Å². The van der Waals surface area contributed by atoms with Crippen molar-refractivity contribution in [1.29, 1.82) is 5.26 Å². The fourth-order valence-corrected chi connectivity index (χ4v) is 4.96. The van der Waals surface area contributed by atoms with Crippen LogP contribution < -0.4 is 5.32 Å². The summed E-state index contributed by atoms with van der Waals surface area (Å²) < 4.78 is 0. The molecule has 2 aliphatic rings. The van der Waals surface area contributed by atoms with Crippen LogP contribution in [-0.2, 0) is 4.79 Å². The van der Waals surface area contributed by atoms with Crippen LogP contribution in [-0.4, -0.2) is 55.0 Å². The second-order valence-electron chi connectivity index (χ2n) is 8.92. The zero-order chi connectivity index (χ0) is 20.1. The van der Waals surface area contributed by atoms with Gasteiger partial charge in [0.25, 0.3) is 0 Å². The smallest absolute Gasteiger partial charge is 0.222 e. The summed E-state index contributed by atoms with van der Waals surface area (Å²) in [5, 5.41) is 12.3. The maximum Gasteiger partial charge on any atom is 0.222 e. The number of nitrogens with zero attached hydrogens (tertiary/aromatic N) is 3. The van der Waals surface area contributed by atoms with Gasteiger partial charge in [-0.1, -0.05) is 13.8 Å². The molecule has 1 aromatic rings. The molecule has 2 fully saturated rings. The molecule has 2 atom stereocenters. The van der Waals surface area contributed by atoms with Gasteiger partial charge in [0, 0.05) is 44.8 Å². The summed E-state index contributed by atoms with van der Waals surface area (Å²) in [5.74, 6) is 2.01. The Hall–Kier alpha value is -2.06. The van der Waals surface area contributed by atoms with E-state index in [9.17, 15) is 4.79 Å². The van der Waals surface area contributed by atoms with Gasteiger partial charge in [-0.05, 0) is 67.8 Å². The summed E-state index contributed by atoms with van der Waals surface area (Å²) in [6.45, 7) is 8.53. The van der Waals surface area contributed by atoms with Gasteiger partial charge in [-0.15, -0.1) is 0 Å². The molecule has 5 nitrogen and oxygen atoms in total. The van der Waals surface area contributed by atoms with Gasteiger partial charge in [0.15, 0.2) is 0 Å².